The van der Waals surface area contributed by atoms with Crippen LogP contribution in [0.25, 0.3) is 0 Å². The Morgan fingerprint density at radius 2 is 1.88 bits per heavy atom. The molecule has 0 aliphatic rings. The Labute approximate surface area is 90.5 Å². The molecule has 0 unspecified atom stereocenters. The first-order chi connectivity index (χ1) is 7.40. The van der Waals surface area contributed by atoms with Crippen LogP contribution in [-0.4, -0.2) is 0 Å². The fraction of sp³-hybridized carbons (Fsp3) is 0.273. The highest BCUT2D eigenvalue weighted by atomic mass is 19.4. The molecule has 0 aliphatic heterocycles. The van der Waals surface area contributed by atoms with Crippen LogP contribution in [0.5, 0.6) is 0 Å². The molecule has 0 aromatic heterocycles. The third kappa shape index (κ3) is 2.32. The Hall–Kier alpha value is -2.01. The Bertz CT molecular complexity index is 490. The minimum Gasteiger partial charge on any atom is -0.198 e. The van der Waals surface area contributed by atoms with Crippen LogP contribution in [0.4, 0.5) is 13.2 Å². The Kier molecular flexibility index (Phi) is 3.20. The molecule has 1 aromatic carbocycles. The van der Waals surface area contributed by atoms with Gasteiger partial charge in [-0.2, -0.15) is 23.7 Å². The van der Waals surface area contributed by atoms with Crippen molar-refractivity contribution >= 4 is 0 Å². The van der Waals surface area contributed by atoms with Gasteiger partial charge in [0.15, 0.2) is 0 Å². The lowest BCUT2D eigenvalue weighted by Gasteiger charge is -2.12. The van der Waals surface area contributed by atoms with Crippen molar-refractivity contribution in [3.05, 3.63) is 34.4 Å². The summed E-state index contributed by atoms with van der Waals surface area (Å²) >= 11 is 0. The topological polar surface area (TPSA) is 47.6 Å². The van der Waals surface area contributed by atoms with Gasteiger partial charge in [-0.1, -0.05) is 11.6 Å². The highest BCUT2D eigenvalue weighted by Gasteiger charge is 2.34. The molecule has 1 rings (SSSR count). The Balaban J connectivity index is 3.51. The summed E-state index contributed by atoms with van der Waals surface area (Å²) in [6, 6.07) is 5.60. The van der Waals surface area contributed by atoms with Gasteiger partial charge >= 0.3 is 6.18 Å². The van der Waals surface area contributed by atoms with Crippen LogP contribution in [0, 0.1) is 29.6 Å². The maximum Gasteiger partial charge on any atom is 0.417 e. The number of aryl methyl sites for hydroxylation is 1. The minimum atomic E-state index is -4.57. The summed E-state index contributed by atoms with van der Waals surface area (Å²) in [4.78, 5) is 0. The molecule has 0 amide bonds. The van der Waals surface area contributed by atoms with Gasteiger partial charge in [-0.25, -0.2) is 0 Å². The predicted molar refractivity (Wildman–Crippen MR) is 50.2 cm³/mol. The highest BCUT2D eigenvalue weighted by Crippen LogP contribution is 2.34. The molecule has 0 saturated heterocycles. The van der Waals surface area contributed by atoms with E-state index < -0.39 is 17.3 Å². The smallest absolute Gasteiger partial charge is 0.198 e. The van der Waals surface area contributed by atoms with Crippen LogP contribution in [0.1, 0.15) is 22.3 Å². The number of nitriles is 2. The lowest BCUT2D eigenvalue weighted by atomic mass is 9.97. The summed E-state index contributed by atoms with van der Waals surface area (Å²) in [7, 11) is 0. The molecule has 0 saturated carbocycles. The number of alkyl halides is 3. The number of halogens is 3. The van der Waals surface area contributed by atoms with Crippen molar-refractivity contribution in [2.24, 2.45) is 0 Å². The first-order valence-corrected chi connectivity index (χ1v) is 4.38. The van der Waals surface area contributed by atoms with E-state index in [9.17, 15) is 13.2 Å². The normalized spacial score (nSPS) is 10.6. The second-order valence-electron chi connectivity index (χ2n) is 3.29. The van der Waals surface area contributed by atoms with E-state index in [1.807, 2.05) is 0 Å². The molecule has 0 heterocycles. The van der Waals surface area contributed by atoms with E-state index in [0.717, 1.165) is 6.07 Å². The molecule has 16 heavy (non-hydrogen) atoms. The van der Waals surface area contributed by atoms with Crippen LogP contribution in [0.2, 0.25) is 0 Å². The van der Waals surface area contributed by atoms with Crippen LogP contribution in [0.3, 0.4) is 0 Å². The number of nitrogens with zero attached hydrogens (tertiary/aromatic N) is 2. The molecule has 82 valence electrons. The summed E-state index contributed by atoms with van der Waals surface area (Å²) < 4.78 is 37.8. The monoisotopic (exact) mass is 224 g/mol. The molecule has 0 radical (unpaired) electrons. The van der Waals surface area contributed by atoms with Crippen molar-refractivity contribution in [3.8, 4) is 12.1 Å². The third-order valence-electron chi connectivity index (χ3n) is 2.05. The lowest BCUT2D eigenvalue weighted by molar-refractivity contribution is -0.137. The van der Waals surface area contributed by atoms with Crippen LogP contribution >= 0.6 is 0 Å². The summed E-state index contributed by atoms with van der Waals surface area (Å²) in [6.07, 6.45) is -4.77. The largest absolute Gasteiger partial charge is 0.417 e. The highest BCUT2D eigenvalue weighted by molar-refractivity contribution is 5.49. The van der Waals surface area contributed by atoms with Gasteiger partial charge in [0.2, 0.25) is 0 Å². The standard InChI is InChI=1S/C11H7F3N2/c1-7-4-8(2-3-15)9(6-16)10(5-7)11(12,13)14/h4-5H,2H2,1H3. The summed E-state index contributed by atoms with van der Waals surface area (Å²) in [5.41, 5.74) is -0.922. The van der Waals surface area contributed by atoms with Crippen LogP contribution in [0.15, 0.2) is 12.1 Å². The van der Waals surface area contributed by atoms with E-state index in [-0.39, 0.29) is 12.0 Å². The molecule has 2 nitrogen and oxygen atoms in total. The van der Waals surface area contributed by atoms with Crippen molar-refractivity contribution in [1.29, 1.82) is 10.5 Å². The third-order valence-corrected chi connectivity index (χ3v) is 2.05. The number of hydrogen-bond acceptors (Lipinski definition) is 2. The molecule has 5 heteroatoms. The quantitative estimate of drug-likeness (QED) is 0.736. The predicted octanol–water partition coefficient (Wildman–Crippen LogP) is 2.95. The van der Waals surface area contributed by atoms with Gasteiger partial charge in [-0.15, -0.1) is 0 Å². The molecule has 0 aliphatic carbocycles. The fourth-order valence-electron chi connectivity index (χ4n) is 1.44. The molecule has 0 bridgehead atoms. The van der Waals surface area contributed by atoms with E-state index in [4.69, 9.17) is 10.5 Å². The first-order valence-electron chi connectivity index (χ1n) is 4.38. The van der Waals surface area contributed by atoms with E-state index in [2.05, 4.69) is 0 Å². The van der Waals surface area contributed by atoms with Crippen molar-refractivity contribution in [3.63, 3.8) is 0 Å². The Morgan fingerprint density at radius 3 is 2.31 bits per heavy atom. The zero-order chi connectivity index (χ0) is 12.3. The van der Waals surface area contributed by atoms with Gasteiger partial charge in [0, 0.05) is 0 Å². The summed E-state index contributed by atoms with van der Waals surface area (Å²) in [6.45, 7) is 1.50. The average molecular weight is 224 g/mol. The molecule has 0 N–H and O–H groups in total. The molecule has 0 atom stereocenters. The summed E-state index contributed by atoms with van der Waals surface area (Å²) in [5.74, 6) is 0. The van der Waals surface area contributed by atoms with Crippen LogP contribution < -0.4 is 0 Å². The lowest BCUT2D eigenvalue weighted by Crippen LogP contribution is -2.10. The first kappa shape index (κ1) is 12.1. The van der Waals surface area contributed by atoms with Gasteiger partial charge in [0.25, 0.3) is 0 Å². The molecular weight excluding hydrogens is 217 g/mol. The van der Waals surface area contributed by atoms with Gasteiger partial charge < -0.3 is 0 Å². The van der Waals surface area contributed by atoms with Crippen LogP contribution in [-0.2, 0) is 12.6 Å². The van der Waals surface area contributed by atoms with Crippen molar-refractivity contribution in [2.45, 2.75) is 19.5 Å². The van der Waals surface area contributed by atoms with Gasteiger partial charge in [0.1, 0.15) is 6.07 Å². The zero-order valence-electron chi connectivity index (χ0n) is 8.39. The average Bonchev–Trinajstić information content (AvgIpc) is 2.16. The maximum atomic E-state index is 12.6. The second-order valence-corrected chi connectivity index (χ2v) is 3.29. The Morgan fingerprint density at radius 1 is 1.25 bits per heavy atom. The number of benzene rings is 1. The van der Waals surface area contributed by atoms with Crippen molar-refractivity contribution in [1.82, 2.24) is 0 Å². The van der Waals surface area contributed by atoms with E-state index >= 15 is 0 Å². The fourth-order valence-corrected chi connectivity index (χ4v) is 1.44. The SMILES string of the molecule is Cc1cc(CC#N)c(C#N)c(C(F)(F)F)c1. The minimum absolute atomic E-state index is 0.123. The molecule has 0 spiro atoms. The molecule has 0 fully saturated rings. The maximum absolute atomic E-state index is 12.6. The van der Waals surface area contributed by atoms with Crippen molar-refractivity contribution < 1.29 is 13.2 Å². The van der Waals surface area contributed by atoms with Crippen molar-refractivity contribution in [2.75, 3.05) is 0 Å². The van der Waals surface area contributed by atoms with Gasteiger partial charge in [-0.3, -0.25) is 0 Å². The molecule has 1 aromatic rings. The van der Waals surface area contributed by atoms with E-state index in [0.29, 0.717) is 5.56 Å². The number of hydrogen-bond donors (Lipinski definition) is 0. The number of rotatable bonds is 1. The van der Waals surface area contributed by atoms with Gasteiger partial charge in [-0.05, 0) is 18.6 Å². The van der Waals surface area contributed by atoms with E-state index in [1.54, 1.807) is 6.07 Å². The summed E-state index contributed by atoms with van der Waals surface area (Å²) in [5, 5.41) is 17.2. The zero-order valence-corrected chi connectivity index (χ0v) is 8.39. The van der Waals surface area contributed by atoms with Gasteiger partial charge in [0.05, 0.1) is 23.6 Å². The molecular formula is C11H7F3N2. The van der Waals surface area contributed by atoms with E-state index in [1.165, 1.54) is 19.1 Å². The second kappa shape index (κ2) is 4.24.